The number of amides is 2. The largest absolute Gasteiger partial charge is 0.349 e. The second-order valence-corrected chi connectivity index (χ2v) is 6.19. The van der Waals surface area contributed by atoms with E-state index in [4.69, 9.17) is 17.3 Å². The Hall–Kier alpha value is -1.59. The zero-order valence-electron chi connectivity index (χ0n) is 12.7. The van der Waals surface area contributed by atoms with E-state index in [2.05, 4.69) is 5.32 Å². The lowest BCUT2D eigenvalue weighted by molar-refractivity contribution is -0.133. The van der Waals surface area contributed by atoms with Crippen molar-refractivity contribution in [3.05, 3.63) is 34.9 Å². The van der Waals surface area contributed by atoms with Crippen LogP contribution in [-0.4, -0.2) is 35.8 Å². The van der Waals surface area contributed by atoms with Crippen LogP contribution in [0.5, 0.6) is 0 Å². The number of carbonyl (C=O) groups is 2. The Balaban J connectivity index is 2.07. The molecule has 2 rings (SSSR count). The first-order valence-electron chi connectivity index (χ1n) is 7.51. The summed E-state index contributed by atoms with van der Waals surface area (Å²) in [4.78, 5) is 25.7. The monoisotopic (exact) mass is 323 g/mol. The van der Waals surface area contributed by atoms with Crippen LogP contribution in [-0.2, 0) is 9.59 Å². The number of rotatable bonds is 4. The van der Waals surface area contributed by atoms with Crippen molar-refractivity contribution in [2.24, 2.45) is 5.73 Å². The van der Waals surface area contributed by atoms with Crippen LogP contribution in [0, 0.1) is 0 Å². The number of halogens is 1. The van der Waals surface area contributed by atoms with Gasteiger partial charge in [0, 0.05) is 31.1 Å². The minimum atomic E-state index is -0.347. The number of nitrogens with one attached hydrogen (secondary N) is 1. The second kappa shape index (κ2) is 7.61. The Morgan fingerprint density at radius 2 is 2.09 bits per heavy atom. The van der Waals surface area contributed by atoms with Crippen molar-refractivity contribution in [3.63, 3.8) is 0 Å². The van der Waals surface area contributed by atoms with Crippen LogP contribution < -0.4 is 11.1 Å². The first kappa shape index (κ1) is 16.8. The molecule has 5 nitrogen and oxygen atoms in total. The van der Waals surface area contributed by atoms with Gasteiger partial charge < -0.3 is 16.0 Å². The van der Waals surface area contributed by atoms with E-state index >= 15 is 0 Å². The molecule has 1 fully saturated rings. The highest BCUT2D eigenvalue weighted by molar-refractivity contribution is 6.30. The lowest BCUT2D eigenvalue weighted by Gasteiger charge is -2.32. The van der Waals surface area contributed by atoms with Crippen molar-refractivity contribution in [3.8, 4) is 0 Å². The van der Waals surface area contributed by atoms with Gasteiger partial charge in [0.15, 0.2) is 0 Å². The normalized spacial score (nSPS) is 19.6. The second-order valence-electron chi connectivity index (χ2n) is 5.75. The lowest BCUT2D eigenvalue weighted by Crippen LogP contribution is -2.46. The quantitative estimate of drug-likeness (QED) is 0.888. The summed E-state index contributed by atoms with van der Waals surface area (Å²) in [5.74, 6) is -0.146. The number of nitrogens with zero attached hydrogens (tertiary/aromatic N) is 1. The van der Waals surface area contributed by atoms with Crippen molar-refractivity contribution >= 4 is 23.4 Å². The third-order valence-corrected chi connectivity index (χ3v) is 4.09. The highest BCUT2D eigenvalue weighted by Crippen LogP contribution is 2.21. The summed E-state index contributed by atoms with van der Waals surface area (Å²) in [7, 11) is 0. The van der Waals surface area contributed by atoms with Crippen LogP contribution >= 0.6 is 11.6 Å². The van der Waals surface area contributed by atoms with Gasteiger partial charge in [-0.25, -0.2) is 0 Å². The van der Waals surface area contributed by atoms with Crippen molar-refractivity contribution in [2.75, 3.05) is 13.1 Å². The molecule has 1 heterocycles. The van der Waals surface area contributed by atoms with Gasteiger partial charge in [-0.3, -0.25) is 9.59 Å². The Morgan fingerprint density at radius 3 is 2.68 bits per heavy atom. The number of benzene rings is 1. The van der Waals surface area contributed by atoms with Crippen molar-refractivity contribution in [1.82, 2.24) is 10.2 Å². The van der Waals surface area contributed by atoms with Crippen LogP contribution in [0.3, 0.4) is 0 Å². The summed E-state index contributed by atoms with van der Waals surface area (Å²) < 4.78 is 0. The van der Waals surface area contributed by atoms with E-state index in [0.717, 1.165) is 24.9 Å². The minimum absolute atomic E-state index is 0.0175. The van der Waals surface area contributed by atoms with Gasteiger partial charge in [0.2, 0.25) is 11.8 Å². The van der Waals surface area contributed by atoms with Gasteiger partial charge in [-0.15, -0.1) is 0 Å². The first-order chi connectivity index (χ1) is 10.5. The molecule has 0 radical (unpaired) electrons. The molecule has 0 saturated carbocycles. The van der Waals surface area contributed by atoms with Gasteiger partial charge in [-0.2, -0.15) is 0 Å². The van der Waals surface area contributed by atoms with E-state index in [9.17, 15) is 9.59 Å². The fourth-order valence-electron chi connectivity index (χ4n) is 2.73. The maximum Gasteiger partial charge on any atom is 0.225 e. The smallest absolute Gasteiger partial charge is 0.225 e. The molecule has 1 aromatic carbocycles. The van der Waals surface area contributed by atoms with Crippen molar-refractivity contribution < 1.29 is 9.59 Å². The molecule has 120 valence electrons. The maximum absolute atomic E-state index is 12.5. The third-order valence-electron chi connectivity index (χ3n) is 3.84. The summed E-state index contributed by atoms with van der Waals surface area (Å²) in [6.45, 7) is 2.77. The molecule has 2 amide bonds. The molecule has 2 atom stereocenters. The number of carbonyl (C=O) groups excluding carboxylic acids is 2. The predicted octanol–water partition coefficient (Wildman–Crippen LogP) is 1.86. The predicted molar refractivity (Wildman–Crippen MR) is 86.4 cm³/mol. The molecule has 1 aromatic rings. The van der Waals surface area contributed by atoms with Crippen LogP contribution in [0.15, 0.2) is 24.3 Å². The number of piperidine rings is 1. The highest BCUT2D eigenvalue weighted by atomic mass is 35.5. The number of hydrogen-bond donors (Lipinski definition) is 2. The standard InChI is InChI=1S/C16H22ClN3O2/c1-11(21)19-15(12-4-6-13(17)7-5-12)9-16(22)20-8-2-3-14(18)10-20/h4-7,14-15H,2-3,8-10,18H2,1H3,(H,19,21). The van der Waals surface area contributed by atoms with Crippen molar-refractivity contribution in [1.29, 1.82) is 0 Å². The van der Waals surface area contributed by atoms with Gasteiger partial charge in [0.05, 0.1) is 12.5 Å². The zero-order chi connectivity index (χ0) is 16.1. The van der Waals surface area contributed by atoms with Gasteiger partial charge in [0.25, 0.3) is 0 Å². The molecule has 3 N–H and O–H groups in total. The van der Waals surface area contributed by atoms with E-state index in [1.54, 1.807) is 17.0 Å². The minimum Gasteiger partial charge on any atom is -0.349 e. The molecule has 1 aliphatic heterocycles. The molecular formula is C16H22ClN3O2. The molecule has 0 spiro atoms. The van der Waals surface area contributed by atoms with Crippen LogP contribution in [0.25, 0.3) is 0 Å². The fourth-order valence-corrected chi connectivity index (χ4v) is 2.86. The van der Waals surface area contributed by atoms with Gasteiger partial charge >= 0.3 is 0 Å². The topological polar surface area (TPSA) is 75.4 Å². The van der Waals surface area contributed by atoms with Gasteiger partial charge in [0.1, 0.15) is 0 Å². The third kappa shape index (κ3) is 4.71. The van der Waals surface area contributed by atoms with Crippen LogP contribution in [0.1, 0.15) is 37.8 Å². The lowest BCUT2D eigenvalue weighted by atomic mass is 10.0. The molecule has 0 aliphatic carbocycles. The molecule has 0 bridgehead atoms. The number of hydrogen-bond acceptors (Lipinski definition) is 3. The zero-order valence-corrected chi connectivity index (χ0v) is 13.5. The fraction of sp³-hybridized carbons (Fsp3) is 0.500. The average Bonchev–Trinajstić information content (AvgIpc) is 2.47. The molecular weight excluding hydrogens is 302 g/mol. The van der Waals surface area contributed by atoms with Gasteiger partial charge in [-0.05, 0) is 30.5 Å². The Labute approximate surface area is 135 Å². The van der Waals surface area contributed by atoms with E-state index in [-0.39, 0.29) is 30.3 Å². The molecule has 1 saturated heterocycles. The summed E-state index contributed by atoms with van der Waals surface area (Å²) in [5.41, 5.74) is 6.79. The van der Waals surface area contributed by atoms with Crippen molar-refractivity contribution in [2.45, 2.75) is 38.3 Å². The van der Waals surface area contributed by atoms with E-state index in [0.29, 0.717) is 11.6 Å². The molecule has 0 aromatic heterocycles. The maximum atomic E-state index is 12.5. The Morgan fingerprint density at radius 1 is 1.41 bits per heavy atom. The molecule has 22 heavy (non-hydrogen) atoms. The molecule has 2 unspecified atom stereocenters. The average molecular weight is 324 g/mol. The molecule has 1 aliphatic rings. The van der Waals surface area contributed by atoms with E-state index in [1.165, 1.54) is 6.92 Å². The summed E-state index contributed by atoms with van der Waals surface area (Å²) in [5, 5.41) is 3.46. The van der Waals surface area contributed by atoms with Gasteiger partial charge in [-0.1, -0.05) is 23.7 Å². The van der Waals surface area contributed by atoms with E-state index in [1.807, 2.05) is 12.1 Å². The SMILES string of the molecule is CC(=O)NC(CC(=O)N1CCCC(N)C1)c1ccc(Cl)cc1. The molecule has 6 heteroatoms. The highest BCUT2D eigenvalue weighted by Gasteiger charge is 2.24. The Bertz CT molecular complexity index is 533. The first-order valence-corrected chi connectivity index (χ1v) is 7.89. The number of nitrogens with two attached hydrogens (primary N) is 1. The van der Waals surface area contributed by atoms with Crippen LogP contribution in [0.4, 0.5) is 0 Å². The van der Waals surface area contributed by atoms with E-state index < -0.39 is 0 Å². The number of likely N-dealkylation sites (tertiary alicyclic amines) is 1. The summed E-state index contributed by atoms with van der Waals surface area (Å²) in [6, 6.07) is 6.88. The summed E-state index contributed by atoms with van der Waals surface area (Å²) in [6.07, 6.45) is 2.11. The van der Waals surface area contributed by atoms with Crippen LogP contribution in [0.2, 0.25) is 5.02 Å². The Kier molecular flexibility index (Phi) is 5.80. The summed E-state index contributed by atoms with van der Waals surface area (Å²) >= 11 is 5.89.